The number of nitrogens with zero attached hydrogens (tertiary/aromatic N) is 1. The molecule has 1 heterocycles. The van der Waals surface area contributed by atoms with E-state index in [1.807, 2.05) is 32.9 Å². The summed E-state index contributed by atoms with van der Waals surface area (Å²) >= 11 is 0. The molecule has 3 amide bonds. The zero-order valence-corrected chi connectivity index (χ0v) is 16.5. The van der Waals surface area contributed by atoms with Gasteiger partial charge in [0, 0.05) is 18.3 Å². The second-order valence-corrected chi connectivity index (χ2v) is 7.18. The summed E-state index contributed by atoms with van der Waals surface area (Å²) in [6, 6.07) is 12.0. The number of fused-ring (bicyclic) bond motifs is 1. The highest BCUT2D eigenvalue weighted by Gasteiger charge is 2.37. The molecule has 0 saturated heterocycles. The molecule has 1 aliphatic rings. The first kappa shape index (κ1) is 19.5. The summed E-state index contributed by atoms with van der Waals surface area (Å²) in [5, 5.41) is 5.55. The molecule has 0 radical (unpaired) electrons. The first-order valence-electron chi connectivity index (χ1n) is 9.15. The maximum atomic E-state index is 12.7. The lowest BCUT2D eigenvalue weighted by atomic mass is 9.93. The molecule has 2 aromatic carbocycles. The molecule has 0 fully saturated rings. The Morgan fingerprint density at radius 3 is 2.68 bits per heavy atom. The number of anilines is 3. The third-order valence-corrected chi connectivity index (χ3v) is 4.59. The van der Waals surface area contributed by atoms with Crippen molar-refractivity contribution in [3.8, 4) is 11.5 Å². The van der Waals surface area contributed by atoms with Gasteiger partial charge < -0.3 is 25.0 Å². The molecule has 0 spiro atoms. The zero-order valence-electron chi connectivity index (χ0n) is 16.5. The Labute approximate surface area is 164 Å². The van der Waals surface area contributed by atoms with E-state index in [9.17, 15) is 9.59 Å². The number of hydrogen-bond donors (Lipinski definition) is 2. The van der Waals surface area contributed by atoms with Gasteiger partial charge in [-0.3, -0.25) is 4.79 Å². The highest BCUT2D eigenvalue weighted by Crippen LogP contribution is 2.38. The predicted molar refractivity (Wildman–Crippen MR) is 109 cm³/mol. The Balaban J connectivity index is 1.79. The Morgan fingerprint density at radius 1 is 1.21 bits per heavy atom. The van der Waals surface area contributed by atoms with Crippen LogP contribution in [0.15, 0.2) is 42.5 Å². The molecule has 28 heavy (non-hydrogen) atoms. The van der Waals surface area contributed by atoms with Crippen molar-refractivity contribution < 1.29 is 19.1 Å². The molecule has 0 saturated carbocycles. The van der Waals surface area contributed by atoms with Gasteiger partial charge in [-0.2, -0.15) is 0 Å². The first-order chi connectivity index (χ1) is 13.4. The SMILES string of the molecule is CCN1C(=O)C(C)(C)COc2cc(NC(=O)Nc3ccccc3OC)ccc21. The average molecular weight is 383 g/mol. The van der Waals surface area contributed by atoms with Gasteiger partial charge in [0.15, 0.2) is 0 Å². The summed E-state index contributed by atoms with van der Waals surface area (Å²) in [6.07, 6.45) is 0. The number of carbonyl (C=O) groups is 2. The van der Waals surface area contributed by atoms with Crippen LogP contribution in [0.5, 0.6) is 11.5 Å². The van der Waals surface area contributed by atoms with E-state index in [1.165, 1.54) is 0 Å². The largest absolute Gasteiger partial charge is 0.495 e. The van der Waals surface area contributed by atoms with Gasteiger partial charge in [0.2, 0.25) is 5.91 Å². The molecule has 0 bridgehead atoms. The van der Waals surface area contributed by atoms with Gasteiger partial charge in [0.1, 0.15) is 18.1 Å². The number of benzene rings is 2. The maximum Gasteiger partial charge on any atom is 0.323 e. The third-order valence-electron chi connectivity index (χ3n) is 4.59. The second-order valence-electron chi connectivity index (χ2n) is 7.18. The fourth-order valence-electron chi connectivity index (χ4n) is 3.07. The van der Waals surface area contributed by atoms with Crippen LogP contribution in [0.25, 0.3) is 0 Å². The molecule has 1 aliphatic heterocycles. The average Bonchev–Trinajstić information content (AvgIpc) is 2.77. The topological polar surface area (TPSA) is 79.9 Å². The summed E-state index contributed by atoms with van der Waals surface area (Å²) in [7, 11) is 1.55. The van der Waals surface area contributed by atoms with Crippen LogP contribution in [0, 0.1) is 5.41 Å². The number of carbonyl (C=O) groups excluding carboxylic acids is 2. The number of urea groups is 1. The van der Waals surface area contributed by atoms with E-state index < -0.39 is 11.4 Å². The predicted octanol–water partition coefficient (Wildman–Crippen LogP) is 4.11. The molecule has 0 atom stereocenters. The molecule has 7 heteroatoms. The van der Waals surface area contributed by atoms with Gasteiger partial charge in [0.25, 0.3) is 0 Å². The molecule has 0 aromatic heterocycles. The fourth-order valence-corrected chi connectivity index (χ4v) is 3.07. The van der Waals surface area contributed by atoms with E-state index >= 15 is 0 Å². The van der Waals surface area contributed by atoms with Crippen LogP contribution in [0.3, 0.4) is 0 Å². The van der Waals surface area contributed by atoms with Crippen molar-refractivity contribution in [2.24, 2.45) is 5.41 Å². The molecule has 0 aliphatic carbocycles. The minimum Gasteiger partial charge on any atom is -0.495 e. The number of rotatable bonds is 4. The molecular formula is C21H25N3O4. The van der Waals surface area contributed by atoms with Crippen molar-refractivity contribution in [3.63, 3.8) is 0 Å². The number of hydrogen-bond acceptors (Lipinski definition) is 4. The molecule has 3 rings (SSSR count). The molecule has 148 valence electrons. The van der Waals surface area contributed by atoms with Crippen LogP contribution in [0.2, 0.25) is 0 Å². The monoisotopic (exact) mass is 383 g/mol. The normalized spacial score (nSPS) is 15.1. The number of para-hydroxylation sites is 2. The minimum absolute atomic E-state index is 0.0170. The molecule has 0 unspecified atom stereocenters. The van der Waals surface area contributed by atoms with Gasteiger partial charge in [-0.1, -0.05) is 12.1 Å². The molecule has 2 aromatic rings. The lowest BCUT2D eigenvalue weighted by Gasteiger charge is -2.26. The van der Waals surface area contributed by atoms with E-state index in [-0.39, 0.29) is 12.5 Å². The van der Waals surface area contributed by atoms with Gasteiger partial charge in [-0.25, -0.2) is 4.79 Å². The van der Waals surface area contributed by atoms with Crippen LogP contribution >= 0.6 is 0 Å². The van der Waals surface area contributed by atoms with Gasteiger partial charge >= 0.3 is 6.03 Å². The van der Waals surface area contributed by atoms with E-state index in [2.05, 4.69) is 10.6 Å². The van der Waals surface area contributed by atoms with Crippen molar-refractivity contribution in [1.29, 1.82) is 0 Å². The number of amides is 3. The van der Waals surface area contributed by atoms with Crippen molar-refractivity contribution in [1.82, 2.24) is 0 Å². The Morgan fingerprint density at radius 2 is 1.96 bits per heavy atom. The van der Waals surface area contributed by atoms with Crippen LogP contribution < -0.4 is 25.0 Å². The van der Waals surface area contributed by atoms with Gasteiger partial charge in [-0.05, 0) is 45.0 Å². The second kappa shape index (κ2) is 7.80. The van der Waals surface area contributed by atoms with E-state index in [1.54, 1.807) is 42.3 Å². The summed E-state index contributed by atoms with van der Waals surface area (Å²) in [5.74, 6) is 1.15. The minimum atomic E-state index is -0.621. The number of ether oxygens (including phenoxy) is 2. The van der Waals surface area contributed by atoms with Crippen LogP contribution in [0.1, 0.15) is 20.8 Å². The third kappa shape index (κ3) is 3.88. The standard InChI is InChI=1S/C21H25N3O4/c1-5-24-16-11-10-14(12-18(16)28-13-21(2,3)19(24)25)22-20(26)23-15-8-6-7-9-17(15)27-4/h6-12H,5,13H2,1-4H3,(H2,22,23,26). The van der Waals surface area contributed by atoms with E-state index in [0.29, 0.717) is 35.1 Å². The lowest BCUT2D eigenvalue weighted by Crippen LogP contribution is -2.42. The number of methoxy groups -OCH3 is 1. The van der Waals surface area contributed by atoms with Crippen molar-refractivity contribution >= 4 is 29.0 Å². The fraction of sp³-hybridized carbons (Fsp3) is 0.333. The number of nitrogens with one attached hydrogen (secondary N) is 2. The van der Waals surface area contributed by atoms with Crippen LogP contribution in [-0.4, -0.2) is 32.2 Å². The van der Waals surface area contributed by atoms with Crippen LogP contribution in [-0.2, 0) is 4.79 Å². The van der Waals surface area contributed by atoms with Crippen molar-refractivity contribution in [2.75, 3.05) is 35.8 Å². The lowest BCUT2D eigenvalue weighted by molar-refractivity contribution is -0.127. The Hall–Kier alpha value is -3.22. The first-order valence-corrected chi connectivity index (χ1v) is 9.15. The van der Waals surface area contributed by atoms with Crippen LogP contribution in [0.4, 0.5) is 21.9 Å². The van der Waals surface area contributed by atoms with E-state index in [4.69, 9.17) is 9.47 Å². The van der Waals surface area contributed by atoms with Crippen molar-refractivity contribution in [2.45, 2.75) is 20.8 Å². The zero-order chi connectivity index (χ0) is 20.3. The highest BCUT2D eigenvalue weighted by atomic mass is 16.5. The molecule has 2 N–H and O–H groups in total. The molecular weight excluding hydrogens is 358 g/mol. The molecule has 7 nitrogen and oxygen atoms in total. The van der Waals surface area contributed by atoms with E-state index in [0.717, 1.165) is 0 Å². The summed E-state index contributed by atoms with van der Waals surface area (Å²) in [6.45, 7) is 6.47. The quantitative estimate of drug-likeness (QED) is 0.833. The Bertz CT molecular complexity index is 895. The summed E-state index contributed by atoms with van der Waals surface area (Å²) < 4.78 is 11.1. The summed E-state index contributed by atoms with van der Waals surface area (Å²) in [4.78, 5) is 26.8. The summed E-state index contributed by atoms with van der Waals surface area (Å²) in [5.41, 5.74) is 1.21. The smallest absolute Gasteiger partial charge is 0.323 e. The maximum absolute atomic E-state index is 12.7. The van der Waals surface area contributed by atoms with Crippen molar-refractivity contribution in [3.05, 3.63) is 42.5 Å². The van der Waals surface area contributed by atoms with Gasteiger partial charge in [-0.15, -0.1) is 0 Å². The highest BCUT2D eigenvalue weighted by molar-refractivity contribution is 6.02. The Kier molecular flexibility index (Phi) is 5.44. The van der Waals surface area contributed by atoms with Gasteiger partial charge in [0.05, 0.1) is 23.9 Å².